The Balaban J connectivity index is 1.82. The molecule has 0 aliphatic heterocycles. The second kappa shape index (κ2) is 8.89. The van der Waals surface area contributed by atoms with Gasteiger partial charge in [0.1, 0.15) is 0 Å². The number of hydrogen-bond acceptors (Lipinski definition) is 6. The van der Waals surface area contributed by atoms with E-state index in [1.165, 1.54) is 10.4 Å². The molecule has 138 valence electrons. The number of nitrogens with two attached hydrogens (primary N) is 1. The predicted octanol–water partition coefficient (Wildman–Crippen LogP) is 3.90. The van der Waals surface area contributed by atoms with Crippen LogP contribution < -0.4 is 5.73 Å². The molecule has 7 heteroatoms. The second-order valence-electron chi connectivity index (χ2n) is 6.49. The SMILES string of the molecule is Cc1ncsc1-c1ccc([C@@H](N)CC[C@@H](C)CCOS(C)(=O)=O)cc1. The summed E-state index contributed by atoms with van der Waals surface area (Å²) in [5.41, 5.74) is 11.5. The Hall–Kier alpha value is -1.28. The van der Waals surface area contributed by atoms with E-state index in [-0.39, 0.29) is 12.6 Å². The smallest absolute Gasteiger partial charge is 0.264 e. The Morgan fingerprint density at radius 1 is 1.20 bits per heavy atom. The highest BCUT2D eigenvalue weighted by Crippen LogP contribution is 2.29. The summed E-state index contributed by atoms with van der Waals surface area (Å²) < 4.78 is 26.7. The van der Waals surface area contributed by atoms with Gasteiger partial charge in [-0.25, -0.2) is 4.98 Å². The van der Waals surface area contributed by atoms with Gasteiger partial charge in [-0.15, -0.1) is 11.3 Å². The van der Waals surface area contributed by atoms with Crippen molar-refractivity contribution in [2.45, 2.75) is 39.2 Å². The predicted molar refractivity (Wildman–Crippen MR) is 103 cm³/mol. The van der Waals surface area contributed by atoms with E-state index in [1.54, 1.807) is 11.3 Å². The van der Waals surface area contributed by atoms with Crippen LogP contribution in [-0.4, -0.2) is 26.3 Å². The number of aryl methyl sites for hydroxylation is 1. The number of benzene rings is 1. The maximum atomic E-state index is 11.0. The molecule has 0 saturated heterocycles. The van der Waals surface area contributed by atoms with Crippen LogP contribution in [0, 0.1) is 12.8 Å². The van der Waals surface area contributed by atoms with Gasteiger partial charge in [-0.05, 0) is 43.2 Å². The van der Waals surface area contributed by atoms with Crippen molar-refractivity contribution < 1.29 is 12.6 Å². The first kappa shape index (κ1) is 20.0. The van der Waals surface area contributed by atoms with E-state index >= 15 is 0 Å². The lowest BCUT2D eigenvalue weighted by molar-refractivity contribution is 0.282. The first-order valence-electron chi connectivity index (χ1n) is 8.36. The van der Waals surface area contributed by atoms with Crippen LogP contribution in [0.2, 0.25) is 0 Å². The highest BCUT2D eigenvalue weighted by atomic mass is 32.2. The molecule has 2 rings (SSSR count). The lowest BCUT2D eigenvalue weighted by Crippen LogP contribution is -2.13. The molecule has 0 radical (unpaired) electrons. The molecule has 0 fully saturated rings. The van der Waals surface area contributed by atoms with Crippen LogP contribution in [0.1, 0.15) is 43.5 Å². The summed E-state index contributed by atoms with van der Waals surface area (Å²) >= 11 is 1.64. The van der Waals surface area contributed by atoms with Crippen molar-refractivity contribution in [2.24, 2.45) is 11.7 Å². The Bertz CT molecular complexity index is 770. The molecule has 2 N–H and O–H groups in total. The Morgan fingerprint density at radius 2 is 1.88 bits per heavy atom. The largest absolute Gasteiger partial charge is 0.324 e. The average Bonchev–Trinajstić information content (AvgIpc) is 2.97. The van der Waals surface area contributed by atoms with E-state index in [2.05, 4.69) is 36.2 Å². The normalized spacial score (nSPS) is 14.4. The average molecular weight is 383 g/mol. The summed E-state index contributed by atoms with van der Waals surface area (Å²) in [5.74, 6) is 0.368. The number of hydrogen-bond donors (Lipinski definition) is 1. The van der Waals surface area contributed by atoms with Gasteiger partial charge in [0.2, 0.25) is 0 Å². The van der Waals surface area contributed by atoms with Crippen LogP contribution >= 0.6 is 11.3 Å². The zero-order valence-corrected chi connectivity index (χ0v) is 16.6. The quantitative estimate of drug-likeness (QED) is 0.665. The summed E-state index contributed by atoms with van der Waals surface area (Å²) in [6.45, 7) is 4.34. The standard InChI is InChI=1S/C18H26N2O3S2/c1-13(10-11-23-25(3,21)22)4-9-17(19)15-5-7-16(8-6-15)18-14(2)20-12-24-18/h5-8,12-13,17H,4,9-11,19H2,1-3H3/t13-,17+/m1/s1. The van der Waals surface area contributed by atoms with Crippen molar-refractivity contribution in [1.82, 2.24) is 4.98 Å². The molecular weight excluding hydrogens is 356 g/mol. The molecule has 0 spiro atoms. The topological polar surface area (TPSA) is 82.3 Å². The van der Waals surface area contributed by atoms with Crippen LogP contribution in [0.4, 0.5) is 0 Å². The molecule has 1 aromatic heterocycles. The van der Waals surface area contributed by atoms with Crippen molar-refractivity contribution in [2.75, 3.05) is 12.9 Å². The van der Waals surface area contributed by atoms with Gasteiger partial charge in [0.15, 0.2) is 0 Å². The van der Waals surface area contributed by atoms with Crippen LogP contribution in [-0.2, 0) is 14.3 Å². The minimum Gasteiger partial charge on any atom is -0.324 e. The van der Waals surface area contributed by atoms with Gasteiger partial charge in [-0.1, -0.05) is 31.2 Å². The molecule has 0 aliphatic rings. The van der Waals surface area contributed by atoms with E-state index in [0.29, 0.717) is 12.3 Å². The maximum Gasteiger partial charge on any atom is 0.264 e. The van der Waals surface area contributed by atoms with E-state index in [4.69, 9.17) is 9.92 Å². The lowest BCUT2D eigenvalue weighted by Gasteiger charge is -2.16. The lowest BCUT2D eigenvalue weighted by atomic mass is 9.95. The zero-order chi connectivity index (χ0) is 18.4. The first-order valence-corrected chi connectivity index (χ1v) is 11.1. The number of nitrogens with zero attached hydrogens (tertiary/aromatic N) is 1. The molecule has 0 unspecified atom stereocenters. The molecule has 2 atom stereocenters. The number of rotatable bonds is 9. The third kappa shape index (κ3) is 6.51. The van der Waals surface area contributed by atoms with Gasteiger partial charge in [0, 0.05) is 6.04 Å². The minimum atomic E-state index is -3.35. The number of aromatic nitrogens is 1. The molecule has 0 amide bonds. The molecule has 1 aromatic carbocycles. The molecule has 0 aliphatic carbocycles. The van der Waals surface area contributed by atoms with Crippen molar-refractivity contribution in [1.29, 1.82) is 0 Å². The fourth-order valence-electron chi connectivity index (χ4n) is 2.64. The Morgan fingerprint density at radius 3 is 2.44 bits per heavy atom. The molecule has 0 saturated carbocycles. The van der Waals surface area contributed by atoms with Gasteiger partial charge in [0.25, 0.3) is 10.1 Å². The maximum absolute atomic E-state index is 11.0. The fraction of sp³-hybridized carbons (Fsp3) is 0.500. The second-order valence-corrected chi connectivity index (χ2v) is 8.99. The van der Waals surface area contributed by atoms with Crippen molar-refractivity contribution in [3.8, 4) is 10.4 Å². The fourth-order valence-corrected chi connectivity index (χ4v) is 3.85. The van der Waals surface area contributed by atoms with Crippen LogP contribution in [0.15, 0.2) is 29.8 Å². The van der Waals surface area contributed by atoms with Crippen molar-refractivity contribution >= 4 is 21.5 Å². The Kier molecular flexibility index (Phi) is 7.13. The van der Waals surface area contributed by atoms with Crippen LogP contribution in [0.25, 0.3) is 10.4 Å². The van der Waals surface area contributed by atoms with E-state index in [1.807, 2.05) is 12.4 Å². The van der Waals surface area contributed by atoms with Crippen LogP contribution in [0.5, 0.6) is 0 Å². The van der Waals surface area contributed by atoms with E-state index in [0.717, 1.165) is 30.4 Å². The summed E-state index contributed by atoms with van der Waals surface area (Å²) in [5, 5.41) is 0. The van der Waals surface area contributed by atoms with Gasteiger partial charge < -0.3 is 5.73 Å². The minimum absolute atomic E-state index is 0.0186. The molecule has 5 nitrogen and oxygen atoms in total. The highest BCUT2D eigenvalue weighted by molar-refractivity contribution is 7.85. The molecule has 2 aromatic rings. The van der Waals surface area contributed by atoms with E-state index in [9.17, 15) is 8.42 Å². The van der Waals surface area contributed by atoms with Gasteiger partial charge >= 0.3 is 0 Å². The molecule has 1 heterocycles. The number of thiazole rings is 1. The van der Waals surface area contributed by atoms with Gasteiger partial charge in [0.05, 0.1) is 28.9 Å². The first-order chi connectivity index (χ1) is 11.8. The summed E-state index contributed by atoms with van der Waals surface area (Å²) in [4.78, 5) is 5.48. The molecular formula is C18H26N2O3S2. The monoisotopic (exact) mass is 382 g/mol. The zero-order valence-electron chi connectivity index (χ0n) is 14.9. The highest BCUT2D eigenvalue weighted by Gasteiger charge is 2.11. The molecule has 0 bridgehead atoms. The van der Waals surface area contributed by atoms with Crippen molar-refractivity contribution in [3.05, 3.63) is 41.0 Å². The summed E-state index contributed by atoms with van der Waals surface area (Å²) in [6.07, 6.45) is 3.58. The summed E-state index contributed by atoms with van der Waals surface area (Å²) in [7, 11) is -3.35. The Labute approximate surface area is 154 Å². The van der Waals surface area contributed by atoms with Gasteiger partial charge in [-0.2, -0.15) is 8.42 Å². The van der Waals surface area contributed by atoms with E-state index < -0.39 is 10.1 Å². The third-order valence-electron chi connectivity index (χ3n) is 4.23. The third-order valence-corrected chi connectivity index (χ3v) is 5.80. The van der Waals surface area contributed by atoms with Crippen LogP contribution in [0.3, 0.4) is 0 Å². The van der Waals surface area contributed by atoms with Crippen molar-refractivity contribution in [3.63, 3.8) is 0 Å². The van der Waals surface area contributed by atoms with Gasteiger partial charge in [-0.3, -0.25) is 4.18 Å². The summed E-state index contributed by atoms with van der Waals surface area (Å²) in [6, 6.07) is 8.33. The molecule has 25 heavy (non-hydrogen) atoms.